The fraction of sp³-hybridized carbons (Fsp3) is 0.292. The summed E-state index contributed by atoms with van der Waals surface area (Å²) in [5.74, 6) is 1.79. The molecular weight excluding hydrogens is 408 g/mol. The van der Waals surface area contributed by atoms with Crippen LogP contribution in [0, 0.1) is 0 Å². The van der Waals surface area contributed by atoms with Gasteiger partial charge in [-0.3, -0.25) is 0 Å². The molecule has 0 fully saturated rings. The summed E-state index contributed by atoms with van der Waals surface area (Å²) >= 11 is 0. The fourth-order valence-electron chi connectivity index (χ4n) is 3.72. The van der Waals surface area contributed by atoms with Gasteiger partial charge in [-0.05, 0) is 42.7 Å². The summed E-state index contributed by atoms with van der Waals surface area (Å²) in [5, 5.41) is 3.27. The van der Waals surface area contributed by atoms with Crippen LogP contribution in [-0.4, -0.2) is 43.3 Å². The maximum Gasteiger partial charge on any atom is 0.343 e. The lowest BCUT2D eigenvalue weighted by molar-refractivity contribution is 0.0526. The molecule has 2 heterocycles. The average Bonchev–Trinajstić information content (AvgIpc) is 3.26. The van der Waals surface area contributed by atoms with Gasteiger partial charge in [0.05, 0.1) is 20.8 Å². The first-order valence-electron chi connectivity index (χ1n) is 10.5. The molecular formula is C24H26N4O4. The molecule has 4 rings (SSSR count). The average molecular weight is 434 g/mol. The van der Waals surface area contributed by atoms with E-state index in [0.29, 0.717) is 35.4 Å². The first-order chi connectivity index (χ1) is 15.6. The van der Waals surface area contributed by atoms with Crippen LogP contribution in [0.1, 0.15) is 28.4 Å². The van der Waals surface area contributed by atoms with Crippen molar-refractivity contribution in [1.29, 1.82) is 0 Å². The van der Waals surface area contributed by atoms with E-state index in [1.165, 1.54) is 11.8 Å². The van der Waals surface area contributed by atoms with Gasteiger partial charge in [-0.15, -0.1) is 0 Å². The predicted octanol–water partition coefficient (Wildman–Crippen LogP) is 3.98. The number of ether oxygens (including phenoxy) is 3. The van der Waals surface area contributed by atoms with E-state index in [9.17, 15) is 4.79 Å². The van der Waals surface area contributed by atoms with E-state index in [2.05, 4.69) is 27.3 Å². The maximum absolute atomic E-state index is 12.5. The van der Waals surface area contributed by atoms with Crippen molar-refractivity contribution in [2.24, 2.45) is 0 Å². The molecule has 2 aromatic carbocycles. The molecule has 32 heavy (non-hydrogen) atoms. The van der Waals surface area contributed by atoms with E-state index in [-0.39, 0.29) is 6.61 Å². The molecule has 0 saturated heterocycles. The van der Waals surface area contributed by atoms with Crippen molar-refractivity contribution < 1.29 is 19.0 Å². The zero-order valence-electron chi connectivity index (χ0n) is 18.4. The third-order valence-corrected chi connectivity index (χ3v) is 5.31. The first kappa shape index (κ1) is 21.4. The highest BCUT2D eigenvalue weighted by Gasteiger charge is 2.24. The first-order valence-corrected chi connectivity index (χ1v) is 10.5. The molecule has 0 bridgehead atoms. The van der Waals surface area contributed by atoms with Crippen LogP contribution in [0.5, 0.6) is 11.5 Å². The van der Waals surface area contributed by atoms with E-state index in [1.54, 1.807) is 21.1 Å². The Bertz CT molecular complexity index is 1120. The number of carbonyl (C=O) groups is 1. The third kappa shape index (κ3) is 4.30. The van der Waals surface area contributed by atoms with Crippen LogP contribution >= 0.6 is 0 Å². The topological polar surface area (TPSA) is 85.8 Å². The number of esters is 1. The summed E-state index contributed by atoms with van der Waals surface area (Å²) in [4.78, 5) is 23.7. The van der Waals surface area contributed by atoms with Crippen molar-refractivity contribution in [3.8, 4) is 11.5 Å². The minimum atomic E-state index is -0.462. The van der Waals surface area contributed by atoms with E-state index in [4.69, 9.17) is 19.2 Å². The van der Waals surface area contributed by atoms with Gasteiger partial charge in [0, 0.05) is 25.0 Å². The van der Waals surface area contributed by atoms with Gasteiger partial charge in [0.1, 0.15) is 11.4 Å². The van der Waals surface area contributed by atoms with Crippen molar-refractivity contribution in [1.82, 2.24) is 9.97 Å². The van der Waals surface area contributed by atoms with Crippen LogP contribution < -0.4 is 19.7 Å². The van der Waals surface area contributed by atoms with Crippen LogP contribution in [-0.2, 0) is 17.7 Å². The van der Waals surface area contributed by atoms with Crippen LogP contribution in [0.2, 0.25) is 0 Å². The number of methoxy groups -OCH3 is 2. The molecule has 8 heteroatoms. The molecule has 8 nitrogen and oxygen atoms in total. The van der Waals surface area contributed by atoms with Gasteiger partial charge in [0.2, 0.25) is 5.95 Å². The second-order valence-electron chi connectivity index (χ2n) is 7.23. The molecule has 3 aromatic rings. The van der Waals surface area contributed by atoms with Crippen LogP contribution in [0.25, 0.3) is 0 Å². The Morgan fingerprint density at radius 2 is 1.94 bits per heavy atom. The lowest BCUT2D eigenvalue weighted by Crippen LogP contribution is -2.19. The minimum Gasteiger partial charge on any atom is -0.493 e. The van der Waals surface area contributed by atoms with Crippen molar-refractivity contribution in [3.63, 3.8) is 0 Å². The van der Waals surface area contributed by atoms with Gasteiger partial charge in [0.25, 0.3) is 0 Å². The monoisotopic (exact) mass is 434 g/mol. The van der Waals surface area contributed by atoms with E-state index in [0.717, 1.165) is 24.2 Å². The normalized spacial score (nSPS) is 12.3. The third-order valence-electron chi connectivity index (χ3n) is 5.31. The molecule has 1 N–H and O–H groups in total. The molecule has 166 valence electrons. The lowest BCUT2D eigenvalue weighted by Gasteiger charge is -2.19. The Hall–Kier alpha value is -3.81. The van der Waals surface area contributed by atoms with Gasteiger partial charge < -0.3 is 24.4 Å². The Labute approximate surface area is 187 Å². The zero-order valence-corrected chi connectivity index (χ0v) is 18.4. The Morgan fingerprint density at radius 3 is 2.72 bits per heavy atom. The molecule has 0 aliphatic carbocycles. The molecule has 1 aliphatic heterocycles. The quantitative estimate of drug-likeness (QED) is 0.533. The Morgan fingerprint density at radius 1 is 1.12 bits per heavy atom. The largest absolute Gasteiger partial charge is 0.493 e. The van der Waals surface area contributed by atoms with Gasteiger partial charge in [-0.1, -0.05) is 24.3 Å². The van der Waals surface area contributed by atoms with Crippen molar-refractivity contribution >= 4 is 23.4 Å². The van der Waals surface area contributed by atoms with Crippen LogP contribution in [0.4, 0.5) is 17.5 Å². The number of benzene rings is 2. The van der Waals surface area contributed by atoms with Gasteiger partial charge in [-0.2, -0.15) is 4.98 Å². The lowest BCUT2D eigenvalue weighted by atomic mass is 10.2. The van der Waals surface area contributed by atoms with E-state index < -0.39 is 5.97 Å². The number of para-hydroxylation sites is 1. The smallest absolute Gasteiger partial charge is 0.343 e. The fourth-order valence-corrected chi connectivity index (χ4v) is 3.72. The molecule has 1 aliphatic rings. The van der Waals surface area contributed by atoms with E-state index in [1.807, 2.05) is 30.3 Å². The highest BCUT2D eigenvalue weighted by Crippen LogP contribution is 2.33. The van der Waals surface area contributed by atoms with Gasteiger partial charge >= 0.3 is 5.97 Å². The number of fused-ring (bicyclic) bond motifs is 1. The Kier molecular flexibility index (Phi) is 6.39. The van der Waals surface area contributed by atoms with Gasteiger partial charge in [0.15, 0.2) is 11.5 Å². The number of anilines is 3. The highest BCUT2D eigenvalue weighted by atomic mass is 16.5. The molecule has 0 saturated carbocycles. The molecule has 1 aromatic heterocycles. The summed E-state index contributed by atoms with van der Waals surface area (Å²) in [6.45, 7) is 3.26. The molecule has 0 atom stereocenters. The van der Waals surface area contributed by atoms with Crippen molar-refractivity contribution in [3.05, 3.63) is 65.4 Å². The number of carbonyl (C=O) groups excluding carboxylic acids is 1. The number of aromatic nitrogens is 2. The summed E-state index contributed by atoms with van der Waals surface area (Å²) < 4.78 is 15.9. The Balaban J connectivity index is 1.63. The number of nitrogens with zero attached hydrogens (tertiary/aromatic N) is 3. The van der Waals surface area contributed by atoms with E-state index >= 15 is 0 Å². The molecule has 0 amide bonds. The second kappa shape index (κ2) is 9.55. The minimum absolute atomic E-state index is 0.273. The van der Waals surface area contributed by atoms with Crippen LogP contribution in [0.3, 0.4) is 0 Å². The van der Waals surface area contributed by atoms with Crippen molar-refractivity contribution in [2.45, 2.75) is 19.9 Å². The standard InChI is InChI=1S/C24H26N4O4/c1-4-32-23(29)18-15-26-24(28-12-11-17-7-5-6-8-19(17)28)27-22(18)25-14-16-9-10-20(30-2)21(13-16)31-3/h5-10,13,15H,4,11-12,14H2,1-3H3,(H,25,26,27). The molecule has 0 radical (unpaired) electrons. The summed E-state index contributed by atoms with van der Waals surface area (Å²) in [6.07, 6.45) is 2.45. The number of hydrogen-bond donors (Lipinski definition) is 1. The summed E-state index contributed by atoms with van der Waals surface area (Å²) in [6, 6.07) is 13.9. The summed E-state index contributed by atoms with van der Waals surface area (Å²) in [5.41, 5.74) is 3.58. The SMILES string of the molecule is CCOC(=O)c1cnc(N2CCc3ccccc32)nc1NCc1ccc(OC)c(OC)c1. The van der Waals surface area contributed by atoms with Gasteiger partial charge in [-0.25, -0.2) is 9.78 Å². The maximum atomic E-state index is 12.5. The highest BCUT2D eigenvalue weighted by molar-refractivity contribution is 5.94. The number of hydrogen-bond acceptors (Lipinski definition) is 8. The predicted molar refractivity (Wildman–Crippen MR) is 122 cm³/mol. The molecule has 0 unspecified atom stereocenters. The van der Waals surface area contributed by atoms with Crippen LogP contribution in [0.15, 0.2) is 48.7 Å². The number of rotatable bonds is 8. The molecule has 0 spiro atoms. The summed E-state index contributed by atoms with van der Waals surface area (Å²) in [7, 11) is 3.19. The second-order valence-corrected chi connectivity index (χ2v) is 7.23. The number of nitrogens with one attached hydrogen (secondary N) is 1. The zero-order chi connectivity index (χ0) is 22.5. The van der Waals surface area contributed by atoms with Crippen molar-refractivity contribution in [2.75, 3.05) is 37.6 Å².